The largest absolute Gasteiger partial charge is 0.482 e. The number of carbonyl (C=O) groups is 1. The summed E-state index contributed by atoms with van der Waals surface area (Å²) in [5.41, 5.74) is 2.91. The second kappa shape index (κ2) is 6.39. The second-order valence-electron chi connectivity index (χ2n) is 5.10. The minimum atomic E-state index is -0.147. The lowest BCUT2D eigenvalue weighted by Crippen LogP contribution is -2.28. The van der Waals surface area contributed by atoms with E-state index in [-0.39, 0.29) is 12.5 Å². The average molecular weight is 295 g/mol. The molecule has 22 heavy (non-hydrogen) atoms. The topological polar surface area (TPSA) is 54.8 Å². The maximum Gasteiger partial charge on any atom is 0.280 e. The number of benzene rings is 1. The number of hydrogen-bond acceptors (Lipinski definition) is 4. The molecule has 3 rings (SSSR count). The molecule has 0 fully saturated rings. The van der Waals surface area contributed by atoms with Crippen molar-refractivity contribution in [1.29, 1.82) is 0 Å². The van der Waals surface area contributed by atoms with E-state index in [1.54, 1.807) is 12.3 Å². The molecule has 0 spiro atoms. The number of aromatic nitrogens is 1. The lowest BCUT2D eigenvalue weighted by molar-refractivity contribution is -0.132. The van der Waals surface area contributed by atoms with E-state index in [1.807, 2.05) is 43.3 Å². The number of rotatable bonds is 4. The van der Waals surface area contributed by atoms with Gasteiger partial charge in [-0.15, -0.1) is 0 Å². The van der Waals surface area contributed by atoms with Gasteiger partial charge in [0, 0.05) is 12.1 Å². The lowest BCUT2D eigenvalue weighted by Gasteiger charge is -2.12. The lowest BCUT2D eigenvalue weighted by atomic mass is 10.1. The van der Waals surface area contributed by atoms with Gasteiger partial charge in [0.05, 0.1) is 18.5 Å². The predicted octanol–water partition coefficient (Wildman–Crippen LogP) is 2.41. The molecule has 0 radical (unpaired) electrons. The summed E-state index contributed by atoms with van der Waals surface area (Å²) in [5.74, 6) is 0.442. The van der Waals surface area contributed by atoms with Gasteiger partial charge in [-0.1, -0.05) is 30.3 Å². The number of carbonyl (C=O) groups excluding carboxylic acids is 1. The van der Waals surface area contributed by atoms with Crippen LogP contribution in [-0.4, -0.2) is 34.8 Å². The Balaban J connectivity index is 1.59. The van der Waals surface area contributed by atoms with Crippen LogP contribution in [0.5, 0.6) is 5.75 Å². The summed E-state index contributed by atoms with van der Waals surface area (Å²) in [4.78, 5) is 16.3. The van der Waals surface area contributed by atoms with Crippen LogP contribution in [0.15, 0.2) is 53.8 Å². The van der Waals surface area contributed by atoms with E-state index >= 15 is 0 Å². The Hall–Kier alpha value is -2.69. The van der Waals surface area contributed by atoms with Crippen molar-refractivity contribution in [3.8, 4) is 5.75 Å². The maximum atomic E-state index is 12.1. The third-order valence-electron chi connectivity index (χ3n) is 3.44. The highest BCUT2D eigenvalue weighted by molar-refractivity contribution is 6.02. The van der Waals surface area contributed by atoms with Crippen molar-refractivity contribution in [2.45, 2.75) is 13.3 Å². The first kappa shape index (κ1) is 14.3. The van der Waals surface area contributed by atoms with Crippen molar-refractivity contribution in [2.75, 3.05) is 13.2 Å². The fraction of sp³-hybridized carbons (Fsp3) is 0.235. The van der Waals surface area contributed by atoms with Crippen LogP contribution < -0.4 is 4.74 Å². The maximum absolute atomic E-state index is 12.1. The molecule has 0 atom stereocenters. The van der Waals surface area contributed by atoms with Gasteiger partial charge in [0.1, 0.15) is 5.75 Å². The first-order chi connectivity index (χ1) is 10.7. The van der Waals surface area contributed by atoms with E-state index in [1.165, 1.54) is 5.01 Å². The highest BCUT2D eigenvalue weighted by Gasteiger charge is 2.21. The van der Waals surface area contributed by atoms with Crippen molar-refractivity contribution in [3.63, 3.8) is 0 Å². The van der Waals surface area contributed by atoms with Gasteiger partial charge in [-0.25, -0.2) is 5.01 Å². The summed E-state index contributed by atoms with van der Waals surface area (Å²) in [6.45, 7) is 2.47. The van der Waals surface area contributed by atoms with Gasteiger partial charge in [-0.3, -0.25) is 9.78 Å². The van der Waals surface area contributed by atoms with Gasteiger partial charge in [0.15, 0.2) is 6.61 Å². The molecule has 0 bridgehead atoms. The second-order valence-corrected chi connectivity index (χ2v) is 5.10. The zero-order valence-corrected chi connectivity index (χ0v) is 12.4. The highest BCUT2D eigenvalue weighted by atomic mass is 16.5. The van der Waals surface area contributed by atoms with Crippen LogP contribution in [0.4, 0.5) is 0 Å². The summed E-state index contributed by atoms with van der Waals surface area (Å²) in [7, 11) is 0. The Bertz CT molecular complexity index is 681. The van der Waals surface area contributed by atoms with E-state index in [0.717, 1.165) is 23.4 Å². The van der Waals surface area contributed by atoms with E-state index in [0.29, 0.717) is 12.3 Å². The molecule has 2 heterocycles. The third kappa shape index (κ3) is 3.31. The summed E-state index contributed by atoms with van der Waals surface area (Å²) in [6.07, 6.45) is 2.38. The zero-order chi connectivity index (χ0) is 15.4. The molecule has 5 nitrogen and oxygen atoms in total. The molecule has 1 amide bonds. The van der Waals surface area contributed by atoms with Gasteiger partial charge in [-0.05, 0) is 24.6 Å². The van der Waals surface area contributed by atoms with E-state index in [4.69, 9.17) is 4.74 Å². The molecule has 0 saturated heterocycles. The van der Waals surface area contributed by atoms with Crippen molar-refractivity contribution in [2.24, 2.45) is 5.10 Å². The Morgan fingerprint density at radius 3 is 2.77 bits per heavy atom. The summed E-state index contributed by atoms with van der Waals surface area (Å²) >= 11 is 0. The van der Waals surface area contributed by atoms with Crippen LogP contribution >= 0.6 is 0 Å². The minimum absolute atomic E-state index is 0.0314. The highest BCUT2D eigenvalue weighted by Crippen LogP contribution is 2.14. The first-order valence-electron chi connectivity index (χ1n) is 7.21. The van der Waals surface area contributed by atoms with Crippen LogP contribution in [-0.2, 0) is 4.79 Å². The van der Waals surface area contributed by atoms with Gasteiger partial charge >= 0.3 is 0 Å². The monoisotopic (exact) mass is 295 g/mol. The minimum Gasteiger partial charge on any atom is -0.482 e. The Kier molecular flexibility index (Phi) is 4.14. The van der Waals surface area contributed by atoms with E-state index < -0.39 is 0 Å². The van der Waals surface area contributed by atoms with Crippen LogP contribution in [0, 0.1) is 6.92 Å². The van der Waals surface area contributed by atoms with Crippen LogP contribution in [0.25, 0.3) is 0 Å². The number of aryl methyl sites for hydroxylation is 1. The molecule has 1 aromatic heterocycles. The van der Waals surface area contributed by atoms with Crippen LogP contribution in [0.3, 0.4) is 0 Å². The molecule has 1 aliphatic rings. The fourth-order valence-electron chi connectivity index (χ4n) is 2.23. The average Bonchev–Trinajstić information content (AvgIpc) is 3.05. The summed E-state index contributed by atoms with van der Waals surface area (Å²) < 4.78 is 5.45. The number of amides is 1. The first-order valence-corrected chi connectivity index (χ1v) is 7.21. The number of nitrogens with zero attached hydrogens (tertiary/aromatic N) is 3. The zero-order valence-electron chi connectivity index (χ0n) is 12.4. The smallest absolute Gasteiger partial charge is 0.280 e. The summed E-state index contributed by atoms with van der Waals surface area (Å²) in [5, 5.41) is 5.87. The van der Waals surface area contributed by atoms with Gasteiger partial charge in [-0.2, -0.15) is 5.10 Å². The van der Waals surface area contributed by atoms with Crippen molar-refractivity contribution in [1.82, 2.24) is 9.99 Å². The molecule has 0 N–H and O–H groups in total. The van der Waals surface area contributed by atoms with Crippen molar-refractivity contribution >= 4 is 11.6 Å². The van der Waals surface area contributed by atoms with Gasteiger partial charge < -0.3 is 4.74 Å². The van der Waals surface area contributed by atoms with Crippen LogP contribution in [0.1, 0.15) is 17.7 Å². The summed E-state index contributed by atoms with van der Waals surface area (Å²) in [6, 6.07) is 13.6. The number of hydrazone groups is 1. The SMILES string of the molecule is Cc1ccc(OCC(=O)N2CCC(c3ccccc3)=N2)cn1. The number of pyridine rings is 1. The van der Waals surface area contributed by atoms with E-state index in [2.05, 4.69) is 10.1 Å². The number of hydrogen-bond donors (Lipinski definition) is 0. The Morgan fingerprint density at radius 2 is 2.05 bits per heavy atom. The predicted molar refractivity (Wildman–Crippen MR) is 83.8 cm³/mol. The van der Waals surface area contributed by atoms with Crippen molar-refractivity contribution < 1.29 is 9.53 Å². The van der Waals surface area contributed by atoms with Crippen molar-refractivity contribution in [3.05, 3.63) is 59.9 Å². The molecule has 2 aromatic rings. The molecule has 0 saturated carbocycles. The fourth-order valence-corrected chi connectivity index (χ4v) is 2.23. The molecule has 1 aliphatic heterocycles. The Morgan fingerprint density at radius 1 is 1.23 bits per heavy atom. The van der Waals surface area contributed by atoms with Crippen LogP contribution in [0.2, 0.25) is 0 Å². The normalized spacial score (nSPS) is 13.9. The molecular weight excluding hydrogens is 278 g/mol. The molecule has 112 valence electrons. The third-order valence-corrected chi connectivity index (χ3v) is 3.44. The molecule has 5 heteroatoms. The van der Waals surface area contributed by atoms with Gasteiger partial charge in [0.25, 0.3) is 5.91 Å². The number of ether oxygens (including phenoxy) is 1. The van der Waals surface area contributed by atoms with E-state index in [9.17, 15) is 4.79 Å². The molecular formula is C17H17N3O2. The molecule has 1 aromatic carbocycles. The quantitative estimate of drug-likeness (QED) is 0.870. The molecule has 0 aliphatic carbocycles. The molecule has 0 unspecified atom stereocenters. The standard InChI is InChI=1S/C17H17N3O2/c1-13-7-8-15(11-18-13)22-12-17(21)20-10-9-16(19-20)14-5-3-2-4-6-14/h2-8,11H,9-10,12H2,1H3. The Labute approximate surface area is 129 Å². The van der Waals surface area contributed by atoms with Gasteiger partial charge in [0.2, 0.25) is 0 Å².